The van der Waals surface area contributed by atoms with E-state index in [0.29, 0.717) is 22.8 Å². The third-order valence-electron chi connectivity index (χ3n) is 4.52. The van der Waals surface area contributed by atoms with Crippen LogP contribution in [0.1, 0.15) is 15.9 Å². The van der Waals surface area contributed by atoms with Gasteiger partial charge in [-0.15, -0.1) is 10.2 Å². The van der Waals surface area contributed by atoms with Gasteiger partial charge < -0.3 is 9.32 Å². The van der Waals surface area contributed by atoms with Crippen molar-refractivity contribution >= 4 is 12.0 Å². The number of hydrogen-bond acceptors (Lipinski definition) is 6. The summed E-state index contributed by atoms with van der Waals surface area (Å²) in [5.74, 6) is 0.608. The Morgan fingerprint density at radius 3 is 2.40 bits per heavy atom. The zero-order valence-electron chi connectivity index (χ0n) is 16.6. The lowest BCUT2D eigenvalue weighted by Gasteiger charge is -2.10. The summed E-state index contributed by atoms with van der Waals surface area (Å²) in [6.45, 7) is 3.82. The lowest BCUT2D eigenvalue weighted by molar-refractivity contribution is 0.0827. The van der Waals surface area contributed by atoms with Gasteiger partial charge in [0, 0.05) is 30.8 Å². The van der Waals surface area contributed by atoms with Crippen LogP contribution >= 0.6 is 0 Å². The van der Waals surface area contributed by atoms with E-state index >= 15 is 0 Å². The number of carbonyl (C=O) groups is 1. The van der Waals surface area contributed by atoms with Crippen molar-refractivity contribution in [3.63, 3.8) is 0 Å². The van der Waals surface area contributed by atoms with E-state index in [9.17, 15) is 4.79 Å². The summed E-state index contributed by atoms with van der Waals surface area (Å²) in [6.07, 6.45) is 4.96. The molecule has 0 fully saturated rings. The molecule has 4 aromatic rings. The topological polar surface area (TPSA) is 85.0 Å². The highest BCUT2D eigenvalue weighted by Crippen LogP contribution is 2.27. The summed E-state index contributed by atoms with van der Waals surface area (Å²) in [7, 11) is 3.44. The van der Waals surface area contributed by atoms with Crippen molar-refractivity contribution in [2.24, 2.45) is 0 Å². The minimum Gasteiger partial charge on any atom is -0.415 e. The van der Waals surface area contributed by atoms with Gasteiger partial charge in [0.1, 0.15) is 5.69 Å². The molecule has 2 aromatic carbocycles. The number of carbonyl (C=O) groups excluding carboxylic acids is 1. The molecule has 0 bridgehead atoms. The molecule has 7 heteroatoms. The molecule has 0 aliphatic carbocycles. The monoisotopic (exact) mass is 397 g/mol. The van der Waals surface area contributed by atoms with Crippen molar-refractivity contribution in [3.05, 3.63) is 78.6 Å². The van der Waals surface area contributed by atoms with Crippen molar-refractivity contribution in [1.29, 1.82) is 0 Å². The molecule has 0 atom stereocenters. The fourth-order valence-electron chi connectivity index (χ4n) is 2.96. The Labute approximate surface area is 173 Å². The molecule has 0 radical (unpaired) electrons. The van der Waals surface area contributed by atoms with Gasteiger partial charge >= 0.3 is 0 Å². The van der Waals surface area contributed by atoms with E-state index in [4.69, 9.17) is 4.42 Å². The summed E-state index contributed by atoms with van der Waals surface area (Å²) >= 11 is 0. The van der Waals surface area contributed by atoms with Crippen LogP contribution in [0.5, 0.6) is 0 Å². The first-order chi connectivity index (χ1) is 14.6. The van der Waals surface area contributed by atoms with Gasteiger partial charge in [0.25, 0.3) is 11.8 Å². The van der Waals surface area contributed by atoms with Crippen LogP contribution in [0, 0.1) is 0 Å². The van der Waals surface area contributed by atoms with Gasteiger partial charge in [-0.05, 0) is 23.8 Å². The number of nitrogens with zero attached hydrogens (tertiary/aromatic N) is 5. The molecule has 0 aliphatic heterocycles. The predicted octanol–water partition coefficient (Wildman–Crippen LogP) is 4.21. The highest BCUT2D eigenvalue weighted by atomic mass is 16.4. The average Bonchev–Trinajstić information content (AvgIpc) is 3.29. The Morgan fingerprint density at radius 1 is 0.967 bits per heavy atom. The molecule has 2 heterocycles. The van der Waals surface area contributed by atoms with Crippen LogP contribution in [0.15, 0.2) is 71.9 Å². The molecular weight excluding hydrogens is 378 g/mol. The predicted molar refractivity (Wildman–Crippen MR) is 114 cm³/mol. The maximum Gasteiger partial charge on any atom is 0.268 e. The molecule has 0 spiro atoms. The molecule has 0 N–H and O–H groups in total. The first kappa shape index (κ1) is 19.2. The van der Waals surface area contributed by atoms with Crippen LogP contribution in [0.3, 0.4) is 0 Å². The maximum absolute atomic E-state index is 12.1. The number of rotatable bonds is 5. The molecule has 0 aliphatic rings. The van der Waals surface area contributed by atoms with E-state index in [1.54, 1.807) is 44.7 Å². The zero-order chi connectivity index (χ0) is 21.1. The third-order valence-corrected chi connectivity index (χ3v) is 4.52. The quantitative estimate of drug-likeness (QED) is 0.502. The summed E-state index contributed by atoms with van der Waals surface area (Å²) in [5, 5.41) is 8.27. The summed E-state index contributed by atoms with van der Waals surface area (Å²) in [4.78, 5) is 22.5. The Bertz CT molecular complexity index is 1210. The molecule has 148 valence electrons. The van der Waals surface area contributed by atoms with Crippen molar-refractivity contribution in [2.45, 2.75) is 0 Å². The standard InChI is InChI=1S/C23H19N5O2/c1-4-15-7-5-6-8-18(15)21-26-27-22(30-21)20-14-24-13-19(25-20)16-9-11-17(12-10-16)23(29)28(2)3/h4-14H,1H2,2-3H3. The van der Waals surface area contributed by atoms with Gasteiger partial charge in [0.15, 0.2) is 0 Å². The SMILES string of the molecule is C=Cc1ccccc1-c1nnc(-c2cncc(-c3ccc(C(=O)N(C)C)cc3)n2)o1. The van der Waals surface area contributed by atoms with Gasteiger partial charge in [0.05, 0.1) is 18.1 Å². The van der Waals surface area contributed by atoms with E-state index in [1.807, 2.05) is 36.4 Å². The van der Waals surface area contributed by atoms with Crippen molar-refractivity contribution in [1.82, 2.24) is 25.1 Å². The van der Waals surface area contributed by atoms with Gasteiger partial charge in [-0.25, -0.2) is 4.98 Å². The van der Waals surface area contributed by atoms with Crippen LogP contribution in [0.4, 0.5) is 0 Å². The van der Waals surface area contributed by atoms with Gasteiger partial charge in [0.2, 0.25) is 5.89 Å². The Morgan fingerprint density at radius 2 is 1.67 bits per heavy atom. The number of aromatic nitrogens is 4. The first-order valence-corrected chi connectivity index (χ1v) is 9.26. The molecule has 1 amide bonds. The van der Waals surface area contributed by atoms with Crippen molar-refractivity contribution < 1.29 is 9.21 Å². The molecule has 30 heavy (non-hydrogen) atoms. The fraction of sp³-hybridized carbons (Fsp3) is 0.0870. The molecule has 0 saturated carbocycles. The van der Waals surface area contributed by atoms with Crippen LogP contribution in [-0.2, 0) is 0 Å². The minimum absolute atomic E-state index is 0.0559. The number of hydrogen-bond donors (Lipinski definition) is 0. The van der Waals surface area contributed by atoms with Crippen LogP contribution in [0.25, 0.3) is 40.4 Å². The second-order valence-corrected chi connectivity index (χ2v) is 6.77. The summed E-state index contributed by atoms with van der Waals surface area (Å²) < 4.78 is 5.84. The van der Waals surface area contributed by atoms with Crippen LogP contribution < -0.4 is 0 Å². The van der Waals surface area contributed by atoms with E-state index in [1.165, 1.54) is 4.90 Å². The summed E-state index contributed by atoms with van der Waals surface area (Å²) in [5.41, 5.74) is 4.25. The molecule has 7 nitrogen and oxygen atoms in total. The first-order valence-electron chi connectivity index (χ1n) is 9.26. The van der Waals surface area contributed by atoms with E-state index < -0.39 is 0 Å². The van der Waals surface area contributed by atoms with Crippen molar-refractivity contribution in [2.75, 3.05) is 14.1 Å². The highest BCUT2D eigenvalue weighted by molar-refractivity contribution is 5.94. The molecule has 2 aromatic heterocycles. The lowest BCUT2D eigenvalue weighted by Crippen LogP contribution is -2.21. The smallest absolute Gasteiger partial charge is 0.268 e. The summed E-state index contributed by atoms with van der Waals surface area (Å²) in [6, 6.07) is 14.9. The normalized spacial score (nSPS) is 10.6. The molecule has 0 unspecified atom stereocenters. The zero-order valence-corrected chi connectivity index (χ0v) is 16.6. The van der Waals surface area contributed by atoms with Gasteiger partial charge in [-0.3, -0.25) is 9.78 Å². The molecule has 0 saturated heterocycles. The lowest BCUT2D eigenvalue weighted by atomic mass is 10.1. The van der Waals surface area contributed by atoms with E-state index in [2.05, 4.69) is 26.7 Å². The fourth-order valence-corrected chi connectivity index (χ4v) is 2.96. The number of benzene rings is 2. The third kappa shape index (κ3) is 3.73. The highest BCUT2D eigenvalue weighted by Gasteiger charge is 2.15. The minimum atomic E-state index is -0.0559. The van der Waals surface area contributed by atoms with Gasteiger partial charge in [-0.1, -0.05) is 43.0 Å². The van der Waals surface area contributed by atoms with Crippen LogP contribution in [0.2, 0.25) is 0 Å². The Hall–Kier alpha value is -4.13. The van der Waals surface area contributed by atoms with Gasteiger partial charge in [-0.2, -0.15) is 0 Å². The molecular formula is C23H19N5O2. The Balaban J connectivity index is 1.64. The second-order valence-electron chi connectivity index (χ2n) is 6.77. The average molecular weight is 397 g/mol. The number of amides is 1. The van der Waals surface area contributed by atoms with Crippen molar-refractivity contribution in [3.8, 4) is 34.3 Å². The van der Waals surface area contributed by atoms with Crippen LogP contribution in [-0.4, -0.2) is 45.1 Å². The van der Waals surface area contributed by atoms with E-state index in [-0.39, 0.29) is 11.8 Å². The largest absolute Gasteiger partial charge is 0.415 e. The maximum atomic E-state index is 12.1. The van der Waals surface area contributed by atoms with E-state index in [0.717, 1.165) is 16.7 Å². The second kappa shape index (κ2) is 8.08. The molecule has 4 rings (SSSR count). The Kier molecular flexibility index (Phi) is 5.17.